The van der Waals surface area contributed by atoms with Gasteiger partial charge >= 0.3 is 0 Å². The molecule has 0 aliphatic rings. The van der Waals surface area contributed by atoms with Gasteiger partial charge in [0.05, 0.1) is 17.3 Å². The van der Waals surface area contributed by atoms with Crippen molar-refractivity contribution in [2.24, 2.45) is 5.73 Å². The Labute approximate surface area is 112 Å². The molecule has 2 aromatic rings. The average molecular weight is 262 g/mol. The molecule has 1 aromatic carbocycles. The van der Waals surface area contributed by atoms with E-state index in [4.69, 9.17) is 10.5 Å². The maximum absolute atomic E-state index is 5.66. The van der Waals surface area contributed by atoms with Crippen molar-refractivity contribution in [2.45, 2.75) is 20.3 Å². The summed E-state index contributed by atoms with van der Waals surface area (Å²) in [5.41, 5.74) is 8.81. The third-order valence-electron chi connectivity index (χ3n) is 2.62. The van der Waals surface area contributed by atoms with E-state index in [1.54, 1.807) is 11.3 Å². The van der Waals surface area contributed by atoms with Crippen LogP contribution in [0.1, 0.15) is 17.5 Å². The van der Waals surface area contributed by atoms with Crippen molar-refractivity contribution in [3.8, 4) is 17.0 Å². The van der Waals surface area contributed by atoms with E-state index in [9.17, 15) is 0 Å². The van der Waals surface area contributed by atoms with Crippen molar-refractivity contribution in [2.75, 3.05) is 13.2 Å². The van der Waals surface area contributed by atoms with Crippen LogP contribution < -0.4 is 10.5 Å². The van der Waals surface area contributed by atoms with Gasteiger partial charge in [0.15, 0.2) is 0 Å². The number of rotatable bonds is 5. The number of hydrogen-bond donors (Lipinski definition) is 1. The van der Waals surface area contributed by atoms with Gasteiger partial charge in [0, 0.05) is 17.4 Å². The quantitative estimate of drug-likeness (QED) is 0.901. The summed E-state index contributed by atoms with van der Waals surface area (Å²) in [6.07, 6.45) is 0.834. The van der Waals surface area contributed by atoms with Crippen LogP contribution in [0.3, 0.4) is 0 Å². The van der Waals surface area contributed by atoms with Crippen LogP contribution in [0.5, 0.6) is 5.75 Å². The molecule has 3 nitrogen and oxygen atoms in total. The van der Waals surface area contributed by atoms with Crippen molar-refractivity contribution in [1.29, 1.82) is 0 Å². The standard InChI is InChI=1S/C14H18N2OS/c1-3-17-13-5-4-10(2)8-11(13)12-9-18-14(16-12)6-7-15/h4-5,8-9H,3,6-7,15H2,1-2H3. The van der Waals surface area contributed by atoms with Gasteiger partial charge in [0.1, 0.15) is 5.75 Å². The molecule has 0 unspecified atom stereocenters. The molecule has 2 N–H and O–H groups in total. The Kier molecular flexibility index (Phi) is 4.33. The molecule has 0 aliphatic carbocycles. The molecule has 0 saturated carbocycles. The maximum atomic E-state index is 5.66. The summed E-state index contributed by atoms with van der Waals surface area (Å²) in [6, 6.07) is 6.18. The number of nitrogens with zero attached hydrogens (tertiary/aromatic N) is 1. The fourth-order valence-corrected chi connectivity index (χ4v) is 2.61. The predicted octanol–water partition coefficient (Wildman–Crippen LogP) is 3.02. The minimum Gasteiger partial charge on any atom is -0.493 e. The van der Waals surface area contributed by atoms with E-state index in [-0.39, 0.29) is 0 Å². The van der Waals surface area contributed by atoms with Crippen LogP contribution in [0.15, 0.2) is 23.6 Å². The summed E-state index contributed by atoms with van der Waals surface area (Å²) in [5, 5.41) is 3.15. The summed E-state index contributed by atoms with van der Waals surface area (Å²) in [6.45, 7) is 5.37. The van der Waals surface area contributed by atoms with Crippen LogP contribution >= 0.6 is 11.3 Å². The smallest absolute Gasteiger partial charge is 0.128 e. The highest BCUT2D eigenvalue weighted by atomic mass is 32.1. The molecule has 0 radical (unpaired) electrons. The molecular weight excluding hydrogens is 244 g/mol. The van der Waals surface area contributed by atoms with Gasteiger partial charge in [-0.25, -0.2) is 4.98 Å². The highest BCUT2D eigenvalue weighted by Gasteiger charge is 2.10. The molecule has 0 aliphatic heterocycles. The van der Waals surface area contributed by atoms with Gasteiger partial charge < -0.3 is 10.5 Å². The number of aryl methyl sites for hydroxylation is 1. The summed E-state index contributed by atoms with van der Waals surface area (Å²) in [7, 11) is 0. The van der Waals surface area contributed by atoms with E-state index < -0.39 is 0 Å². The third-order valence-corrected chi connectivity index (χ3v) is 3.53. The van der Waals surface area contributed by atoms with E-state index in [0.717, 1.165) is 28.4 Å². The Morgan fingerprint density at radius 2 is 2.22 bits per heavy atom. The van der Waals surface area contributed by atoms with Crippen LogP contribution in [0.25, 0.3) is 11.3 Å². The van der Waals surface area contributed by atoms with Crippen LogP contribution in [-0.4, -0.2) is 18.1 Å². The molecule has 1 aromatic heterocycles. The molecular formula is C14H18N2OS. The number of aromatic nitrogens is 1. The number of nitrogens with two attached hydrogens (primary N) is 1. The summed E-state index contributed by atoms with van der Waals surface area (Å²) >= 11 is 1.65. The second-order valence-corrected chi connectivity index (χ2v) is 5.04. The SMILES string of the molecule is CCOc1ccc(C)cc1-c1csc(CCN)n1. The largest absolute Gasteiger partial charge is 0.493 e. The van der Waals surface area contributed by atoms with E-state index >= 15 is 0 Å². The zero-order chi connectivity index (χ0) is 13.0. The minimum atomic E-state index is 0.638. The van der Waals surface area contributed by atoms with Crippen molar-refractivity contribution >= 4 is 11.3 Å². The third kappa shape index (κ3) is 2.89. The van der Waals surface area contributed by atoms with Gasteiger partial charge in [-0.15, -0.1) is 11.3 Å². The molecule has 18 heavy (non-hydrogen) atoms. The number of hydrogen-bond acceptors (Lipinski definition) is 4. The Bertz CT molecular complexity index is 522. The zero-order valence-corrected chi connectivity index (χ0v) is 11.6. The fourth-order valence-electron chi connectivity index (χ4n) is 1.80. The Morgan fingerprint density at radius 1 is 1.39 bits per heavy atom. The van der Waals surface area contributed by atoms with E-state index in [1.165, 1.54) is 5.56 Å². The Morgan fingerprint density at radius 3 is 2.94 bits per heavy atom. The highest BCUT2D eigenvalue weighted by molar-refractivity contribution is 7.09. The molecule has 2 rings (SSSR count). The van der Waals surface area contributed by atoms with Gasteiger partial charge in [-0.2, -0.15) is 0 Å². The first-order valence-corrected chi connectivity index (χ1v) is 7.01. The molecule has 0 bridgehead atoms. The number of ether oxygens (including phenoxy) is 1. The molecule has 0 fully saturated rings. The summed E-state index contributed by atoms with van der Waals surface area (Å²) in [5.74, 6) is 0.896. The maximum Gasteiger partial charge on any atom is 0.128 e. The minimum absolute atomic E-state index is 0.638. The predicted molar refractivity (Wildman–Crippen MR) is 76.2 cm³/mol. The molecule has 0 amide bonds. The lowest BCUT2D eigenvalue weighted by Gasteiger charge is -2.09. The molecule has 0 atom stereocenters. The molecule has 0 spiro atoms. The van der Waals surface area contributed by atoms with Crippen LogP contribution in [0.2, 0.25) is 0 Å². The molecule has 96 valence electrons. The van der Waals surface area contributed by atoms with E-state index in [2.05, 4.69) is 29.4 Å². The van der Waals surface area contributed by atoms with Crippen molar-refractivity contribution in [3.05, 3.63) is 34.2 Å². The Hall–Kier alpha value is -1.39. The van der Waals surface area contributed by atoms with Crippen LogP contribution in [0, 0.1) is 6.92 Å². The van der Waals surface area contributed by atoms with Crippen molar-refractivity contribution in [1.82, 2.24) is 4.98 Å². The molecule has 4 heteroatoms. The van der Waals surface area contributed by atoms with Gasteiger partial charge in [0.25, 0.3) is 0 Å². The lowest BCUT2D eigenvalue weighted by molar-refractivity contribution is 0.341. The van der Waals surface area contributed by atoms with Gasteiger partial charge in [-0.1, -0.05) is 11.6 Å². The zero-order valence-electron chi connectivity index (χ0n) is 10.8. The van der Waals surface area contributed by atoms with Crippen LogP contribution in [-0.2, 0) is 6.42 Å². The number of thiazole rings is 1. The first kappa shape index (κ1) is 13.1. The van der Waals surface area contributed by atoms with Gasteiger partial charge in [0.2, 0.25) is 0 Å². The normalized spacial score (nSPS) is 10.6. The Balaban J connectivity index is 2.37. The molecule has 0 saturated heterocycles. The number of benzene rings is 1. The first-order chi connectivity index (χ1) is 8.74. The first-order valence-electron chi connectivity index (χ1n) is 6.13. The fraction of sp³-hybridized carbons (Fsp3) is 0.357. The lowest BCUT2D eigenvalue weighted by Crippen LogP contribution is -2.02. The highest BCUT2D eigenvalue weighted by Crippen LogP contribution is 2.31. The second kappa shape index (κ2) is 5.98. The van der Waals surface area contributed by atoms with Gasteiger partial charge in [-0.05, 0) is 32.5 Å². The second-order valence-electron chi connectivity index (χ2n) is 4.10. The van der Waals surface area contributed by atoms with Gasteiger partial charge in [-0.3, -0.25) is 0 Å². The average Bonchev–Trinajstić information content (AvgIpc) is 2.81. The van der Waals surface area contributed by atoms with Crippen molar-refractivity contribution in [3.63, 3.8) is 0 Å². The van der Waals surface area contributed by atoms with Crippen LogP contribution in [0.4, 0.5) is 0 Å². The monoisotopic (exact) mass is 262 g/mol. The summed E-state index contributed by atoms with van der Waals surface area (Å²) in [4.78, 5) is 4.61. The van der Waals surface area contributed by atoms with E-state index in [1.807, 2.05) is 13.0 Å². The van der Waals surface area contributed by atoms with E-state index in [0.29, 0.717) is 13.2 Å². The van der Waals surface area contributed by atoms with Crippen molar-refractivity contribution < 1.29 is 4.74 Å². The topological polar surface area (TPSA) is 48.1 Å². The molecule has 1 heterocycles. The lowest BCUT2D eigenvalue weighted by atomic mass is 10.1. The summed E-state index contributed by atoms with van der Waals surface area (Å²) < 4.78 is 5.66.